The maximum atomic E-state index is 10.7. The maximum Gasteiger partial charge on any atom is 0.264 e. The van der Waals surface area contributed by atoms with Crippen molar-refractivity contribution in [3.8, 4) is 0 Å². The zero-order valence-corrected chi connectivity index (χ0v) is 15.8. The molecule has 108 valence electrons. The summed E-state index contributed by atoms with van der Waals surface area (Å²) in [6.07, 6.45) is 0. The third-order valence-corrected chi connectivity index (χ3v) is 6.10. The van der Waals surface area contributed by atoms with E-state index in [0.29, 0.717) is 6.04 Å². The molecular formula is C9H24O5SSi3. The highest BCUT2D eigenvalue weighted by molar-refractivity contribution is 7.85. The van der Waals surface area contributed by atoms with E-state index in [0.717, 1.165) is 0 Å². The quantitative estimate of drug-likeness (QED) is 0.419. The molecule has 0 unspecified atom stereocenters. The van der Waals surface area contributed by atoms with E-state index in [-0.39, 0.29) is 21.2 Å². The molecule has 0 atom stereocenters. The normalized spacial score (nSPS) is 14.2. The van der Waals surface area contributed by atoms with Crippen molar-refractivity contribution in [2.75, 3.05) is 5.75 Å². The van der Waals surface area contributed by atoms with Gasteiger partial charge in [-0.1, -0.05) is 0 Å². The molecule has 0 aromatic carbocycles. The van der Waals surface area contributed by atoms with E-state index in [2.05, 4.69) is 39.3 Å². The lowest BCUT2D eigenvalue weighted by Crippen LogP contribution is -2.43. The van der Waals surface area contributed by atoms with Gasteiger partial charge in [-0.25, -0.2) is 0 Å². The van der Waals surface area contributed by atoms with E-state index in [1.54, 1.807) is 0 Å². The summed E-state index contributed by atoms with van der Waals surface area (Å²) >= 11 is 0. The molecular weight excluding hydrogens is 304 g/mol. The van der Waals surface area contributed by atoms with Crippen LogP contribution in [-0.4, -0.2) is 50.8 Å². The zero-order valence-electron chi connectivity index (χ0n) is 12.0. The Kier molecular flexibility index (Phi) is 6.95. The second-order valence-corrected chi connectivity index (χ2v) is 17.9. The first kappa shape index (κ1) is 18.5. The van der Waals surface area contributed by atoms with E-state index in [4.69, 9.17) is 13.4 Å². The number of hydrogen-bond acceptors (Lipinski definition) is 4. The summed E-state index contributed by atoms with van der Waals surface area (Å²) in [5.74, 6) is -0.559. The molecule has 0 aliphatic rings. The van der Waals surface area contributed by atoms with Crippen molar-refractivity contribution in [3.63, 3.8) is 0 Å². The van der Waals surface area contributed by atoms with Gasteiger partial charge in [0.15, 0.2) is 16.6 Å². The summed E-state index contributed by atoms with van der Waals surface area (Å²) in [4.78, 5) is 0. The van der Waals surface area contributed by atoms with E-state index in [9.17, 15) is 8.42 Å². The van der Waals surface area contributed by atoms with Gasteiger partial charge in [0.05, 0.1) is 5.75 Å². The SMILES string of the molecule is C[Si](C)(C)OC(O[Si](C)(C)C)[Si]CCS(=O)(=O)O. The Morgan fingerprint density at radius 2 is 1.44 bits per heavy atom. The van der Waals surface area contributed by atoms with Gasteiger partial charge in [-0.15, -0.1) is 0 Å². The largest absolute Gasteiger partial charge is 0.397 e. The topological polar surface area (TPSA) is 72.8 Å². The molecule has 1 N–H and O–H groups in total. The number of rotatable bonds is 8. The first-order valence-electron chi connectivity index (χ1n) is 5.83. The van der Waals surface area contributed by atoms with Gasteiger partial charge >= 0.3 is 0 Å². The maximum absolute atomic E-state index is 10.7. The first-order chi connectivity index (χ1) is 7.79. The first-order valence-corrected chi connectivity index (χ1v) is 15.5. The fourth-order valence-electron chi connectivity index (χ4n) is 1.06. The molecule has 0 aromatic heterocycles. The standard InChI is InChI=1S/C9H24O5SSi3/c1-17(2,3)13-9(14-18(4,5)6)16-8-7-15(10,11)12/h9H,7-8H2,1-6H3,(H,10,11,12). The summed E-state index contributed by atoms with van der Waals surface area (Å²) in [6.45, 7) is 12.4. The van der Waals surface area contributed by atoms with Crippen molar-refractivity contribution in [3.05, 3.63) is 0 Å². The van der Waals surface area contributed by atoms with Gasteiger partial charge in [-0.05, 0) is 45.3 Å². The second-order valence-electron chi connectivity index (χ2n) is 6.03. The Hall–Kier alpha value is 0.481. The highest BCUT2D eigenvalue weighted by Gasteiger charge is 2.27. The van der Waals surface area contributed by atoms with Crippen LogP contribution in [0.5, 0.6) is 0 Å². The minimum absolute atomic E-state index is 0.230. The monoisotopic (exact) mass is 328 g/mol. The summed E-state index contributed by atoms with van der Waals surface area (Å²) in [7, 11) is -7.11. The molecule has 0 bridgehead atoms. The predicted molar refractivity (Wildman–Crippen MR) is 79.6 cm³/mol. The number of hydrogen-bond donors (Lipinski definition) is 1. The Balaban J connectivity index is 4.40. The molecule has 0 aromatic rings. The lowest BCUT2D eigenvalue weighted by Gasteiger charge is -2.31. The Bertz CT molecular complexity index is 328. The third kappa shape index (κ3) is 12.9. The molecule has 0 heterocycles. The van der Waals surface area contributed by atoms with E-state index >= 15 is 0 Å². The van der Waals surface area contributed by atoms with Gasteiger partial charge in [-0.2, -0.15) is 8.42 Å². The van der Waals surface area contributed by atoms with E-state index < -0.39 is 26.8 Å². The lowest BCUT2D eigenvalue weighted by molar-refractivity contribution is 0.0607. The van der Waals surface area contributed by atoms with Gasteiger partial charge in [0.1, 0.15) is 15.4 Å². The second kappa shape index (κ2) is 6.77. The summed E-state index contributed by atoms with van der Waals surface area (Å²) in [5, 5.41) is 0. The summed E-state index contributed by atoms with van der Waals surface area (Å²) in [6, 6.07) is 0.373. The smallest absolute Gasteiger partial charge is 0.264 e. The highest BCUT2D eigenvalue weighted by Crippen LogP contribution is 2.14. The molecule has 0 saturated carbocycles. The fourth-order valence-corrected chi connectivity index (χ4v) is 7.06. The van der Waals surface area contributed by atoms with Crippen LogP contribution in [0.25, 0.3) is 0 Å². The lowest BCUT2D eigenvalue weighted by atomic mass is 11.0. The van der Waals surface area contributed by atoms with Crippen LogP contribution in [0.2, 0.25) is 45.3 Å². The average molecular weight is 329 g/mol. The molecule has 0 aliphatic heterocycles. The minimum atomic E-state index is -3.89. The van der Waals surface area contributed by atoms with Crippen LogP contribution < -0.4 is 0 Å². The van der Waals surface area contributed by atoms with Crippen molar-refractivity contribution in [1.82, 2.24) is 0 Å². The van der Waals surface area contributed by atoms with Crippen molar-refractivity contribution in [2.24, 2.45) is 0 Å². The summed E-state index contributed by atoms with van der Waals surface area (Å²) < 4.78 is 41.9. The molecule has 0 fully saturated rings. The van der Waals surface area contributed by atoms with Gasteiger partial charge in [0.2, 0.25) is 0 Å². The average Bonchev–Trinajstić information content (AvgIpc) is 1.93. The highest BCUT2D eigenvalue weighted by atomic mass is 32.2. The van der Waals surface area contributed by atoms with Crippen LogP contribution in [0.15, 0.2) is 0 Å². The minimum Gasteiger partial charge on any atom is -0.397 e. The van der Waals surface area contributed by atoms with E-state index in [1.165, 1.54) is 0 Å². The van der Waals surface area contributed by atoms with Crippen LogP contribution in [0.1, 0.15) is 0 Å². The molecule has 0 aliphatic carbocycles. The van der Waals surface area contributed by atoms with Gasteiger partial charge in [0.25, 0.3) is 10.1 Å². The van der Waals surface area contributed by atoms with Crippen LogP contribution >= 0.6 is 0 Å². The molecule has 0 amide bonds. The predicted octanol–water partition coefficient (Wildman–Crippen LogP) is 1.98. The molecule has 0 spiro atoms. The zero-order chi connectivity index (χ0) is 14.6. The molecule has 5 nitrogen and oxygen atoms in total. The van der Waals surface area contributed by atoms with Crippen LogP contribution in [0.4, 0.5) is 0 Å². The summed E-state index contributed by atoms with van der Waals surface area (Å²) in [5.41, 5.74) is 0. The van der Waals surface area contributed by atoms with Gasteiger partial charge < -0.3 is 8.85 Å². The Morgan fingerprint density at radius 1 is 1.06 bits per heavy atom. The Morgan fingerprint density at radius 3 is 1.72 bits per heavy atom. The van der Waals surface area contributed by atoms with E-state index in [1.807, 2.05) is 0 Å². The van der Waals surface area contributed by atoms with Crippen molar-refractivity contribution in [2.45, 2.75) is 51.2 Å². The third-order valence-electron chi connectivity index (χ3n) is 1.59. The Labute approximate surface area is 115 Å². The molecule has 0 rings (SSSR count). The fraction of sp³-hybridized carbons (Fsp3) is 1.00. The van der Waals surface area contributed by atoms with Gasteiger partial charge in [-0.3, -0.25) is 4.55 Å². The van der Waals surface area contributed by atoms with Crippen molar-refractivity contribution >= 4 is 36.3 Å². The molecule has 9 heteroatoms. The van der Waals surface area contributed by atoms with Crippen molar-refractivity contribution < 1.29 is 21.8 Å². The van der Waals surface area contributed by atoms with Crippen LogP contribution in [-0.2, 0) is 19.0 Å². The molecule has 18 heavy (non-hydrogen) atoms. The molecule has 0 saturated heterocycles. The van der Waals surface area contributed by atoms with Crippen LogP contribution in [0, 0.1) is 0 Å². The van der Waals surface area contributed by atoms with Gasteiger partial charge in [0, 0.05) is 0 Å². The molecule has 2 radical (unpaired) electrons. The van der Waals surface area contributed by atoms with Crippen molar-refractivity contribution in [1.29, 1.82) is 0 Å². The van der Waals surface area contributed by atoms with Crippen LogP contribution in [0.3, 0.4) is 0 Å².